The number of benzene rings is 2. The Morgan fingerprint density at radius 2 is 1.79 bits per heavy atom. The van der Waals surface area contributed by atoms with Crippen molar-refractivity contribution in [3.63, 3.8) is 0 Å². The summed E-state index contributed by atoms with van der Waals surface area (Å²) < 4.78 is 7.70. The molecule has 0 radical (unpaired) electrons. The molecule has 1 atom stereocenters. The number of para-hydroxylation sites is 2. The standard InChI is InChI=1S/C31H37ClN6O4/c1-4-21-17-20(18-24(32)28(21)33)19-27(29(39)36-13-9-22(10-14-36)35(2)3)42-31(41)37-15-11-23(12-16-37)38-26-8-6-5-7-25(26)34-30(38)40/h1,5-8,17-18,22-23,27H,9-16,19,33H2,2-3H3,(H,34,40)/t27-/m1/s1. The number of nitrogen functional groups attached to an aromatic ring is 1. The lowest BCUT2D eigenvalue weighted by Gasteiger charge is -2.37. The number of nitrogens with one attached hydrogen (secondary N) is 1. The van der Waals surface area contributed by atoms with Crippen LogP contribution in [-0.4, -0.2) is 88.7 Å². The van der Waals surface area contributed by atoms with Crippen LogP contribution in [0.4, 0.5) is 10.5 Å². The molecule has 11 heteroatoms. The van der Waals surface area contributed by atoms with Gasteiger partial charge in [-0.2, -0.15) is 0 Å². The Bertz CT molecular complexity index is 1560. The molecule has 2 aliphatic heterocycles. The fraction of sp³-hybridized carbons (Fsp3) is 0.452. The first-order valence-corrected chi connectivity index (χ1v) is 14.7. The summed E-state index contributed by atoms with van der Waals surface area (Å²) in [5.41, 5.74) is 8.87. The van der Waals surface area contributed by atoms with Crippen LogP contribution in [0.3, 0.4) is 0 Å². The number of piperidine rings is 2. The molecule has 42 heavy (non-hydrogen) atoms. The Balaban J connectivity index is 1.30. The average Bonchev–Trinajstić information content (AvgIpc) is 3.33. The molecule has 5 rings (SSSR count). The van der Waals surface area contributed by atoms with Crippen LogP contribution in [-0.2, 0) is 16.0 Å². The molecule has 1 aromatic heterocycles. The molecule has 222 valence electrons. The lowest BCUT2D eigenvalue weighted by molar-refractivity contribution is -0.142. The topological polar surface area (TPSA) is 117 Å². The van der Waals surface area contributed by atoms with E-state index in [2.05, 4.69) is 15.8 Å². The molecule has 0 saturated carbocycles. The fourth-order valence-electron chi connectivity index (χ4n) is 6.05. The number of hydrogen-bond donors (Lipinski definition) is 2. The fourth-order valence-corrected chi connectivity index (χ4v) is 6.29. The number of imidazole rings is 1. The van der Waals surface area contributed by atoms with E-state index in [4.69, 9.17) is 28.5 Å². The zero-order chi connectivity index (χ0) is 30.0. The average molecular weight is 593 g/mol. The Hall–Kier alpha value is -3.94. The van der Waals surface area contributed by atoms with Crippen LogP contribution < -0.4 is 11.4 Å². The molecular formula is C31H37ClN6O4. The van der Waals surface area contributed by atoms with Gasteiger partial charge in [0.25, 0.3) is 5.91 Å². The van der Waals surface area contributed by atoms with Crippen molar-refractivity contribution < 1.29 is 14.3 Å². The molecule has 10 nitrogen and oxygen atoms in total. The molecule has 3 N–H and O–H groups in total. The second kappa shape index (κ2) is 12.5. The third kappa shape index (κ3) is 6.13. The number of fused-ring (bicyclic) bond motifs is 1. The second-order valence-electron chi connectivity index (χ2n) is 11.3. The molecule has 0 bridgehead atoms. The molecule has 2 amide bonds. The lowest BCUT2D eigenvalue weighted by Crippen LogP contribution is -2.50. The Kier molecular flexibility index (Phi) is 8.80. The summed E-state index contributed by atoms with van der Waals surface area (Å²) in [6, 6.07) is 11.3. The van der Waals surface area contributed by atoms with E-state index in [1.807, 2.05) is 38.4 Å². The van der Waals surface area contributed by atoms with Crippen molar-refractivity contribution in [1.82, 2.24) is 24.3 Å². The zero-order valence-corrected chi connectivity index (χ0v) is 24.8. The van der Waals surface area contributed by atoms with Gasteiger partial charge in [-0.05, 0) is 69.6 Å². The first-order valence-electron chi connectivity index (χ1n) is 14.3. The number of terminal acetylenes is 1. The number of likely N-dealkylation sites (tertiary alicyclic amines) is 2. The van der Waals surface area contributed by atoms with Crippen LogP contribution in [0.2, 0.25) is 5.02 Å². The van der Waals surface area contributed by atoms with Crippen molar-refractivity contribution in [2.24, 2.45) is 0 Å². The predicted octanol–water partition coefficient (Wildman–Crippen LogP) is 3.48. The molecule has 0 unspecified atom stereocenters. The SMILES string of the molecule is C#Cc1cc(C[C@@H](OC(=O)N2CCC(n3c(=O)[nH]c4ccccc43)CC2)C(=O)N2CCC(N(C)C)CC2)cc(Cl)c1N. The minimum absolute atomic E-state index is 0.0489. The van der Waals surface area contributed by atoms with Crippen LogP contribution >= 0.6 is 11.6 Å². The van der Waals surface area contributed by atoms with Gasteiger partial charge < -0.3 is 30.2 Å². The Labute approximate surface area is 250 Å². The summed E-state index contributed by atoms with van der Waals surface area (Å²) in [5.74, 6) is 2.29. The van der Waals surface area contributed by atoms with Crippen molar-refractivity contribution in [1.29, 1.82) is 0 Å². The number of carbonyl (C=O) groups is 2. The Morgan fingerprint density at radius 1 is 1.12 bits per heavy atom. The second-order valence-corrected chi connectivity index (χ2v) is 11.7. The van der Waals surface area contributed by atoms with E-state index in [0.717, 1.165) is 23.9 Å². The highest BCUT2D eigenvalue weighted by molar-refractivity contribution is 6.33. The summed E-state index contributed by atoms with van der Waals surface area (Å²) in [4.78, 5) is 48.3. The van der Waals surface area contributed by atoms with Crippen molar-refractivity contribution >= 4 is 40.3 Å². The van der Waals surface area contributed by atoms with E-state index >= 15 is 0 Å². The van der Waals surface area contributed by atoms with Gasteiger partial charge in [0.1, 0.15) is 0 Å². The molecular weight excluding hydrogens is 556 g/mol. The maximum absolute atomic E-state index is 13.8. The first kappa shape index (κ1) is 29.5. The van der Waals surface area contributed by atoms with Gasteiger partial charge in [-0.25, -0.2) is 9.59 Å². The first-order chi connectivity index (χ1) is 20.2. The Morgan fingerprint density at radius 3 is 2.45 bits per heavy atom. The van der Waals surface area contributed by atoms with E-state index in [-0.39, 0.29) is 24.1 Å². The number of nitrogens with two attached hydrogens (primary N) is 1. The molecule has 2 aliphatic rings. The summed E-state index contributed by atoms with van der Waals surface area (Å²) in [5, 5.41) is 0.291. The summed E-state index contributed by atoms with van der Waals surface area (Å²) >= 11 is 6.32. The van der Waals surface area contributed by atoms with Gasteiger partial charge in [0, 0.05) is 50.2 Å². The monoisotopic (exact) mass is 592 g/mol. The normalized spacial score (nSPS) is 17.4. The number of aromatic amines is 1. The van der Waals surface area contributed by atoms with Crippen molar-refractivity contribution in [2.45, 2.75) is 50.3 Å². The number of aromatic nitrogens is 2. The molecule has 2 fully saturated rings. The number of amides is 2. The van der Waals surface area contributed by atoms with Gasteiger partial charge in [-0.15, -0.1) is 6.42 Å². The number of anilines is 1. The van der Waals surface area contributed by atoms with Crippen LogP contribution in [0.5, 0.6) is 0 Å². The molecule has 3 heterocycles. The molecule has 0 spiro atoms. The molecule has 3 aromatic rings. The van der Waals surface area contributed by atoms with Gasteiger partial charge in [0.15, 0.2) is 6.10 Å². The number of hydrogen-bond acceptors (Lipinski definition) is 6. The third-order valence-electron chi connectivity index (χ3n) is 8.50. The number of rotatable bonds is 6. The van der Waals surface area contributed by atoms with Crippen molar-refractivity contribution in [3.05, 3.63) is 63.0 Å². The van der Waals surface area contributed by atoms with E-state index in [9.17, 15) is 14.4 Å². The van der Waals surface area contributed by atoms with Crippen LogP contribution in [0.25, 0.3) is 11.0 Å². The maximum Gasteiger partial charge on any atom is 0.410 e. The van der Waals surface area contributed by atoms with Gasteiger partial charge in [-0.3, -0.25) is 9.36 Å². The summed E-state index contributed by atoms with van der Waals surface area (Å²) in [6.07, 6.45) is 6.99. The number of halogens is 1. The van der Waals surface area contributed by atoms with Crippen molar-refractivity contribution in [2.75, 3.05) is 46.0 Å². The predicted molar refractivity (Wildman–Crippen MR) is 163 cm³/mol. The maximum atomic E-state index is 13.8. The highest BCUT2D eigenvalue weighted by atomic mass is 35.5. The van der Waals surface area contributed by atoms with E-state index in [0.29, 0.717) is 66.9 Å². The zero-order valence-electron chi connectivity index (χ0n) is 24.0. The summed E-state index contributed by atoms with van der Waals surface area (Å²) in [7, 11) is 4.08. The minimum atomic E-state index is -1.05. The molecule has 2 saturated heterocycles. The van der Waals surface area contributed by atoms with Gasteiger partial charge in [-0.1, -0.05) is 29.7 Å². The number of ether oxygens (including phenoxy) is 1. The quantitative estimate of drug-likeness (QED) is 0.334. The molecule has 0 aliphatic carbocycles. The highest BCUT2D eigenvalue weighted by Gasteiger charge is 2.34. The van der Waals surface area contributed by atoms with Gasteiger partial charge in [0.05, 0.1) is 21.7 Å². The van der Waals surface area contributed by atoms with E-state index in [1.54, 1.807) is 26.5 Å². The van der Waals surface area contributed by atoms with Crippen molar-refractivity contribution in [3.8, 4) is 12.3 Å². The lowest BCUT2D eigenvalue weighted by atomic mass is 10.0. The van der Waals surface area contributed by atoms with Crippen LogP contribution in [0.1, 0.15) is 42.9 Å². The molecule has 2 aromatic carbocycles. The largest absolute Gasteiger partial charge is 0.436 e. The summed E-state index contributed by atoms with van der Waals surface area (Å²) in [6.45, 7) is 1.97. The van der Waals surface area contributed by atoms with Gasteiger partial charge >= 0.3 is 11.8 Å². The van der Waals surface area contributed by atoms with Crippen LogP contribution in [0, 0.1) is 12.3 Å². The number of nitrogens with zero attached hydrogens (tertiary/aromatic N) is 4. The smallest absolute Gasteiger partial charge is 0.410 e. The highest BCUT2D eigenvalue weighted by Crippen LogP contribution is 2.28. The van der Waals surface area contributed by atoms with E-state index < -0.39 is 12.2 Å². The number of carbonyl (C=O) groups excluding carboxylic acids is 2. The van der Waals surface area contributed by atoms with E-state index in [1.165, 1.54) is 0 Å². The number of H-pyrrole nitrogens is 1. The third-order valence-corrected chi connectivity index (χ3v) is 8.82. The minimum Gasteiger partial charge on any atom is -0.436 e. The van der Waals surface area contributed by atoms with Gasteiger partial charge in [0.2, 0.25) is 0 Å². The van der Waals surface area contributed by atoms with Crippen LogP contribution in [0.15, 0.2) is 41.2 Å².